The normalized spacial score (nSPS) is 16.0. The molecule has 1 aromatic heterocycles. The summed E-state index contributed by atoms with van der Waals surface area (Å²) in [7, 11) is 0. The van der Waals surface area contributed by atoms with E-state index in [1.807, 2.05) is 18.2 Å². The largest absolute Gasteiger partial charge is 0.481 e. The molecule has 3 N–H and O–H groups in total. The molecule has 2 aromatic rings. The Morgan fingerprint density at radius 3 is 2.65 bits per heavy atom. The van der Waals surface area contributed by atoms with E-state index in [-0.39, 0.29) is 11.2 Å². The smallest absolute Gasteiger partial charge is 0.313 e. The number of hydrogen-bond acceptors (Lipinski definition) is 5. The van der Waals surface area contributed by atoms with Crippen LogP contribution in [0.2, 0.25) is 0 Å². The van der Waals surface area contributed by atoms with Crippen molar-refractivity contribution in [3.63, 3.8) is 0 Å². The predicted octanol–water partition coefficient (Wildman–Crippen LogP) is 1.25. The van der Waals surface area contributed by atoms with Crippen LogP contribution in [0.4, 0.5) is 0 Å². The van der Waals surface area contributed by atoms with Crippen LogP contribution in [0.3, 0.4) is 0 Å². The molecule has 1 aliphatic rings. The van der Waals surface area contributed by atoms with E-state index >= 15 is 0 Å². The van der Waals surface area contributed by atoms with Gasteiger partial charge in [0.2, 0.25) is 5.16 Å². The van der Waals surface area contributed by atoms with E-state index in [0.29, 0.717) is 11.0 Å². The van der Waals surface area contributed by atoms with Crippen LogP contribution in [-0.2, 0) is 10.2 Å². The maximum Gasteiger partial charge on any atom is 0.313 e. The maximum atomic E-state index is 10.6. The molecule has 1 saturated carbocycles. The van der Waals surface area contributed by atoms with Crippen LogP contribution in [0.25, 0.3) is 0 Å². The van der Waals surface area contributed by atoms with Crippen molar-refractivity contribution < 1.29 is 9.90 Å². The van der Waals surface area contributed by atoms with Gasteiger partial charge in [0.15, 0.2) is 5.82 Å². The first-order chi connectivity index (χ1) is 9.63. The highest BCUT2D eigenvalue weighted by atomic mass is 32.2. The van der Waals surface area contributed by atoms with Crippen LogP contribution in [0.1, 0.15) is 24.2 Å². The number of carbonyl (C=O) groups is 1. The third kappa shape index (κ3) is 2.14. The summed E-state index contributed by atoms with van der Waals surface area (Å²) in [6.45, 7) is 0. The predicted molar refractivity (Wildman–Crippen MR) is 75.0 cm³/mol. The Balaban J connectivity index is 1.90. The van der Waals surface area contributed by atoms with Crippen molar-refractivity contribution in [2.24, 2.45) is 0 Å². The summed E-state index contributed by atoms with van der Waals surface area (Å²) in [6, 6.07) is 10.1. The second kappa shape index (κ2) is 4.82. The highest BCUT2D eigenvalue weighted by Gasteiger charge is 2.50. The molecule has 0 atom stereocenters. The lowest BCUT2D eigenvalue weighted by molar-refractivity contribution is -0.133. The summed E-state index contributed by atoms with van der Waals surface area (Å²) < 4.78 is 1.42. The minimum atomic E-state index is -0.899. The van der Waals surface area contributed by atoms with Crippen LogP contribution >= 0.6 is 11.8 Å². The Morgan fingerprint density at radius 2 is 2.05 bits per heavy atom. The molecule has 0 spiro atoms. The lowest BCUT2D eigenvalue weighted by atomic mass is 9.95. The van der Waals surface area contributed by atoms with Gasteiger partial charge in [-0.05, 0) is 18.4 Å². The van der Waals surface area contributed by atoms with Crippen molar-refractivity contribution in [1.29, 1.82) is 0 Å². The number of aromatic nitrogens is 3. The van der Waals surface area contributed by atoms with Crippen molar-refractivity contribution in [3.05, 3.63) is 41.7 Å². The monoisotopic (exact) mass is 290 g/mol. The number of nitrogens with two attached hydrogens (primary N) is 1. The first-order valence-corrected chi connectivity index (χ1v) is 7.23. The van der Waals surface area contributed by atoms with Gasteiger partial charge >= 0.3 is 5.97 Å². The zero-order valence-corrected chi connectivity index (χ0v) is 11.5. The zero-order valence-electron chi connectivity index (χ0n) is 10.7. The van der Waals surface area contributed by atoms with Crippen LogP contribution in [0.15, 0.2) is 35.5 Å². The summed E-state index contributed by atoms with van der Waals surface area (Å²) in [5, 5.41) is 17.3. The maximum absolute atomic E-state index is 10.6. The van der Waals surface area contributed by atoms with Crippen molar-refractivity contribution in [1.82, 2.24) is 14.9 Å². The van der Waals surface area contributed by atoms with Crippen LogP contribution in [0, 0.1) is 0 Å². The van der Waals surface area contributed by atoms with Gasteiger partial charge in [0.25, 0.3) is 0 Å². The SMILES string of the molecule is Nn1c(SCC(=O)O)nnc1C1(c2ccccc2)CC1. The van der Waals surface area contributed by atoms with Gasteiger partial charge in [0.1, 0.15) is 0 Å². The lowest BCUT2D eigenvalue weighted by Crippen LogP contribution is -2.22. The minimum Gasteiger partial charge on any atom is -0.481 e. The standard InChI is InChI=1S/C13H14N4O2S/c14-17-11(15-16-12(17)20-8-10(18)19)13(6-7-13)9-4-2-1-3-5-9/h1-5H,6-8,14H2,(H,18,19). The van der Waals surface area contributed by atoms with Crippen molar-refractivity contribution in [3.8, 4) is 0 Å². The van der Waals surface area contributed by atoms with Gasteiger partial charge in [-0.15, -0.1) is 10.2 Å². The van der Waals surface area contributed by atoms with Crippen molar-refractivity contribution >= 4 is 17.7 Å². The first kappa shape index (κ1) is 13.0. The molecule has 1 aliphatic carbocycles. The molecule has 0 unspecified atom stereocenters. The fourth-order valence-corrected chi connectivity index (χ4v) is 2.93. The third-order valence-electron chi connectivity index (χ3n) is 3.49. The molecule has 3 rings (SSSR count). The molecule has 20 heavy (non-hydrogen) atoms. The lowest BCUT2D eigenvalue weighted by Gasteiger charge is -2.14. The highest BCUT2D eigenvalue weighted by molar-refractivity contribution is 7.99. The Morgan fingerprint density at radius 1 is 1.35 bits per heavy atom. The quantitative estimate of drug-likeness (QED) is 0.636. The van der Waals surface area contributed by atoms with E-state index in [4.69, 9.17) is 10.9 Å². The van der Waals surface area contributed by atoms with Crippen LogP contribution in [0.5, 0.6) is 0 Å². The van der Waals surface area contributed by atoms with Crippen LogP contribution in [-0.4, -0.2) is 31.7 Å². The second-order valence-electron chi connectivity index (χ2n) is 4.81. The third-order valence-corrected chi connectivity index (χ3v) is 4.42. The van der Waals surface area contributed by atoms with Crippen LogP contribution < -0.4 is 5.84 Å². The van der Waals surface area contributed by atoms with E-state index < -0.39 is 5.97 Å². The van der Waals surface area contributed by atoms with Crippen molar-refractivity contribution in [2.45, 2.75) is 23.4 Å². The number of thioether (sulfide) groups is 1. The fraction of sp³-hybridized carbons (Fsp3) is 0.308. The summed E-state index contributed by atoms with van der Waals surface area (Å²) in [6.07, 6.45) is 1.96. The van der Waals surface area contributed by atoms with Gasteiger partial charge in [-0.1, -0.05) is 42.1 Å². The van der Waals surface area contributed by atoms with E-state index in [1.54, 1.807) is 0 Å². The van der Waals surface area contributed by atoms with Gasteiger partial charge in [0.05, 0.1) is 11.2 Å². The highest BCUT2D eigenvalue weighted by Crippen LogP contribution is 2.52. The number of rotatable bonds is 5. The number of carboxylic acids is 1. The zero-order chi connectivity index (χ0) is 14.2. The molecule has 1 heterocycles. The minimum absolute atomic E-state index is 0.0757. The summed E-state index contributed by atoms with van der Waals surface area (Å²) in [5.74, 6) is 5.76. The molecule has 0 saturated heterocycles. The summed E-state index contributed by atoms with van der Waals surface area (Å²) in [5.41, 5.74) is 1.01. The average molecular weight is 290 g/mol. The second-order valence-corrected chi connectivity index (χ2v) is 5.75. The van der Waals surface area contributed by atoms with Gasteiger partial charge in [-0.2, -0.15) is 0 Å². The molecule has 1 aromatic carbocycles. The Kier molecular flexibility index (Phi) is 3.13. The average Bonchev–Trinajstić information content (AvgIpc) is 3.17. The number of benzene rings is 1. The Hall–Kier alpha value is -2.02. The number of hydrogen-bond donors (Lipinski definition) is 2. The summed E-state index contributed by atoms with van der Waals surface area (Å²) >= 11 is 1.08. The Labute approximate surface area is 120 Å². The van der Waals surface area contributed by atoms with Crippen molar-refractivity contribution in [2.75, 3.05) is 11.6 Å². The number of nitrogen functional groups attached to an aromatic ring is 1. The van der Waals surface area contributed by atoms with E-state index in [0.717, 1.165) is 24.6 Å². The van der Waals surface area contributed by atoms with Gasteiger partial charge in [-0.25, -0.2) is 4.68 Å². The molecule has 7 heteroatoms. The number of aliphatic carboxylic acids is 1. The molecule has 6 nitrogen and oxygen atoms in total. The molecule has 0 radical (unpaired) electrons. The van der Waals surface area contributed by atoms with E-state index in [1.165, 1.54) is 10.2 Å². The topological polar surface area (TPSA) is 94.0 Å². The van der Waals surface area contributed by atoms with E-state index in [2.05, 4.69) is 22.3 Å². The molecular formula is C13H14N4O2S. The molecule has 0 amide bonds. The number of nitrogens with zero attached hydrogens (tertiary/aromatic N) is 3. The molecule has 0 bridgehead atoms. The van der Waals surface area contributed by atoms with Gasteiger partial charge < -0.3 is 10.9 Å². The molecule has 104 valence electrons. The van der Waals surface area contributed by atoms with Gasteiger partial charge in [0, 0.05) is 0 Å². The van der Waals surface area contributed by atoms with Gasteiger partial charge in [-0.3, -0.25) is 4.79 Å². The fourth-order valence-electron chi connectivity index (χ4n) is 2.35. The Bertz CT molecular complexity index is 637. The summed E-state index contributed by atoms with van der Waals surface area (Å²) in [4.78, 5) is 10.6. The molecule has 1 fully saturated rings. The molecular weight excluding hydrogens is 276 g/mol. The number of carboxylic acid groups (broad SMARTS) is 1. The molecule has 0 aliphatic heterocycles. The first-order valence-electron chi connectivity index (χ1n) is 6.24. The van der Waals surface area contributed by atoms with E-state index in [9.17, 15) is 4.79 Å².